The maximum Gasteiger partial charge on any atom is 3.00 e. The molecule has 66 valence electrons. The van der Waals surface area contributed by atoms with E-state index in [1.54, 1.807) is 0 Å². The third-order valence-electron chi connectivity index (χ3n) is 0. The summed E-state index contributed by atoms with van der Waals surface area (Å²) < 4.78 is 68.2. The van der Waals surface area contributed by atoms with Crippen LogP contribution in [0.5, 0.6) is 0 Å². The van der Waals surface area contributed by atoms with E-state index < -0.39 is 20.8 Å². The summed E-state index contributed by atoms with van der Waals surface area (Å²) in [5.41, 5.74) is 0. The minimum absolute atomic E-state index is 0. The van der Waals surface area contributed by atoms with Crippen molar-refractivity contribution in [1.82, 2.24) is 0 Å². The van der Waals surface area contributed by atoms with Crippen LogP contribution in [-0.2, 0) is 20.8 Å². The van der Waals surface area contributed by atoms with Crippen LogP contribution in [0.15, 0.2) is 0 Å². The van der Waals surface area contributed by atoms with Crippen molar-refractivity contribution in [3.63, 3.8) is 0 Å². The van der Waals surface area contributed by atoms with Crippen LogP contribution in [0.4, 0.5) is 0 Å². The number of rotatable bonds is 0. The Morgan fingerprint density at radius 2 is 0.667 bits per heavy atom. The first-order chi connectivity index (χ1) is 4.00. The second kappa shape index (κ2) is 9.15. The molecule has 12 heteroatoms. The normalized spacial score (nSPS) is 9.67. The Bertz CT molecular complexity index is 211. The Hall–Kier alpha value is 1.58. The molecule has 0 rings (SSSR count). The van der Waals surface area contributed by atoms with E-state index >= 15 is 0 Å². The zero-order chi connectivity index (χ0) is 9.00. The maximum atomic E-state index is 8.52. The fourth-order valence-corrected chi connectivity index (χ4v) is 0. The monoisotopic (exact) mass is 602 g/mol. The molecule has 0 radical (unpaired) electrons. The van der Waals surface area contributed by atoms with Gasteiger partial charge in [-0.15, -0.1) is 0 Å². The van der Waals surface area contributed by atoms with Crippen LogP contribution in [0.1, 0.15) is 0 Å². The summed E-state index contributed by atoms with van der Waals surface area (Å²) in [4.78, 5) is 0. The molecule has 0 aromatic carbocycles. The van der Waals surface area contributed by atoms with Gasteiger partial charge in [-0.3, -0.25) is 16.8 Å². The van der Waals surface area contributed by atoms with Crippen molar-refractivity contribution in [2.45, 2.75) is 0 Å². The van der Waals surface area contributed by atoms with Gasteiger partial charge in [-0.05, 0) is 0 Å². The maximum absolute atomic E-state index is 8.52. The molecule has 0 unspecified atom stereocenters. The zero-order valence-corrected chi connectivity index (χ0v) is 15.8. The second-order valence-corrected chi connectivity index (χ2v) is 2.45. The van der Waals surface area contributed by atoms with Crippen LogP contribution < -0.4 is 0 Å². The Kier molecular flexibility index (Phi) is 17.9. The van der Waals surface area contributed by atoms with Gasteiger partial charge in [0.1, 0.15) is 0 Å². The largest absolute Gasteiger partial charge is 3.00 e. The van der Waals surface area contributed by atoms with E-state index in [1.807, 2.05) is 0 Å². The molecular formula is O8S2Tl2. The van der Waals surface area contributed by atoms with E-state index in [9.17, 15) is 0 Å². The molecule has 0 N–H and O–H groups in total. The molecule has 8 nitrogen and oxygen atoms in total. The van der Waals surface area contributed by atoms with Gasteiger partial charge >= 0.3 is 54.6 Å². The number of hydrogen-bond donors (Lipinski definition) is 0. The van der Waals surface area contributed by atoms with E-state index in [-0.39, 0.29) is 54.6 Å². The van der Waals surface area contributed by atoms with Crippen LogP contribution in [0, 0.1) is 0 Å². The molecule has 0 aliphatic heterocycles. The van der Waals surface area contributed by atoms with Crippen LogP contribution in [0.2, 0.25) is 0 Å². The van der Waals surface area contributed by atoms with Gasteiger partial charge in [-0.2, -0.15) is 0 Å². The fourth-order valence-electron chi connectivity index (χ4n) is 0. The van der Waals surface area contributed by atoms with Crippen LogP contribution in [0.25, 0.3) is 0 Å². The van der Waals surface area contributed by atoms with Gasteiger partial charge in [-0.1, -0.05) is 0 Å². The van der Waals surface area contributed by atoms with Crippen molar-refractivity contribution < 1.29 is 35.0 Å². The first-order valence-electron chi connectivity index (χ1n) is 1.33. The smallest absolute Gasteiger partial charge is 0.759 e. The molecule has 0 aromatic heterocycles. The van der Waals surface area contributed by atoms with Gasteiger partial charge in [0.25, 0.3) is 0 Å². The third-order valence-corrected chi connectivity index (χ3v) is 0. The minimum Gasteiger partial charge on any atom is -0.759 e. The second-order valence-electron chi connectivity index (χ2n) is 0.816. The Balaban J connectivity index is -0.0000000457. The molecular weight excluding hydrogens is 601 g/mol. The first kappa shape index (κ1) is 23.4. The minimum atomic E-state index is -5.17. The fraction of sp³-hybridized carbons (Fsp3) is 0. The summed E-state index contributed by atoms with van der Waals surface area (Å²) in [6.45, 7) is 0. The topological polar surface area (TPSA) is 161 Å². The molecule has 0 aliphatic rings. The van der Waals surface area contributed by atoms with Gasteiger partial charge in [-0.25, -0.2) is 0 Å². The van der Waals surface area contributed by atoms with Crippen molar-refractivity contribution >= 4 is 75.4 Å². The van der Waals surface area contributed by atoms with E-state index in [0.29, 0.717) is 0 Å². The van der Waals surface area contributed by atoms with Gasteiger partial charge in [0.2, 0.25) is 0 Å². The van der Waals surface area contributed by atoms with E-state index in [4.69, 9.17) is 35.0 Å². The quantitative estimate of drug-likeness (QED) is 0.158. The van der Waals surface area contributed by atoms with Crippen LogP contribution >= 0.6 is 0 Å². The van der Waals surface area contributed by atoms with Crippen LogP contribution in [-0.4, -0.2) is 89.6 Å². The predicted molar refractivity (Wildman–Crippen MR) is 32.5 cm³/mol. The van der Waals surface area contributed by atoms with Gasteiger partial charge in [0.05, 0.1) is 0 Å². The molecule has 0 fully saturated rings. The molecule has 0 atom stereocenters. The molecule has 0 bridgehead atoms. The Morgan fingerprint density at radius 1 is 0.667 bits per heavy atom. The zero-order valence-electron chi connectivity index (χ0n) is 5.24. The SMILES string of the molecule is O=S(=O)([O-])[O-].O=S(=O)([O-])[O-].[Tl+3].[Tl+]. The number of hydrogen-bond acceptors (Lipinski definition) is 8. The predicted octanol–water partition coefficient (Wildman–Crippen LogP) is -3.44. The molecule has 12 heavy (non-hydrogen) atoms. The van der Waals surface area contributed by atoms with Crippen LogP contribution in [0.3, 0.4) is 0 Å². The average molecular weight is 601 g/mol. The van der Waals surface area contributed by atoms with Gasteiger partial charge in [0, 0.05) is 20.8 Å². The van der Waals surface area contributed by atoms with Crippen molar-refractivity contribution in [3.8, 4) is 0 Å². The molecule has 0 aromatic rings. The molecule has 0 saturated heterocycles. The van der Waals surface area contributed by atoms with Gasteiger partial charge in [0.15, 0.2) is 0 Å². The third kappa shape index (κ3) is 517. The van der Waals surface area contributed by atoms with E-state index in [2.05, 4.69) is 0 Å². The average Bonchev–Trinajstić information content (AvgIpc) is 1.12. The van der Waals surface area contributed by atoms with Crippen molar-refractivity contribution in [1.29, 1.82) is 0 Å². The summed E-state index contributed by atoms with van der Waals surface area (Å²) in [7, 11) is -10.3. The molecule has 0 spiro atoms. The molecule has 0 heterocycles. The molecule has 0 amide bonds. The summed E-state index contributed by atoms with van der Waals surface area (Å²) in [6.07, 6.45) is 0. The molecule has 0 saturated carbocycles. The Labute approximate surface area is 109 Å². The summed E-state index contributed by atoms with van der Waals surface area (Å²) in [5, 5.41) is 0. The van der Waals surface area contributed by atoms with Crippen molar-refractivity contribution in [2.75, 3.05) is 0 Å². The standard InChI is InChI=1S/2H2O4S.2Tl/c2*1-5(2,3)4;;/h2*(H2,1,2,3,4);;/q;;+1;+3/p-4. The molecule has 0 aliphatic carbocycles. The summed E-state index contributed by atoms with van der Waals surface area (Å²) >= 11 is 0. The van der Waals surface area contributed by atoms with Crippen molar-refractivity contribution in [3.05, 3.63) is 0 Å². The van der Waals surface area contributed by atoms with Crippen molar-refractivity contribution in [2.24, 2.45) is 0 Å². The summed E-state index contributed by atoms with van der Waals surface area (Å²) in [5.74, 6) is 0. The summed E-state index contributed by atoms with van der Waals surface area (Å²) in [6, 6.07) is 0. The Morgan fingerprint density at radius 3 is 0.667 bits per heavy atom. The van der Waals surface area contributed by atoms with Gasteiger partial charge < -0.3 is 18.2 Å². The first-order valence-corrected chi connectivity index (χ1v) is 4.00. The van der Waals surface area contributed by atoms with E-state index in [1.165, 1.54) is 0 Å². The van der Waals surface area contributed by atoms with E-state index in [0.717, 1.165) is 0 Å².